The van der Waals surface area contributed by atoms with Crippen molar-refractivity contribution >= 4 is 70.1 Å². The first-order valence-corrected chi connectivity index (χ1v) is 30.1. The molecule has 7 aromatic carbocycles. The van der Waals surface area contributed by atoms with Crippen molar-refractivity contribution in [1.82, 2.24) is 20.2 Å². The van der Waals surface area contributed by atoms with Crippen molar-refractivity contribution in [2.45, 2.75) is 90.9 Å². The number of ether oxygens (including phenoxy) is 1. The van der Waals surface area contributed by atoms with E-state index in [9.17, 15) is 0 Å². The maximum Gasteiger partial charge on any atom is 0.182 e. The number of anilines is 4. The molecule has 0 spiro atoms. The standard InChI is InChI=1S/C78H73B2N6O.Pt/c1-75(2,3)56-33-36-69-64(47-56)63-35-34-61(52-72(63)86(69)73-50-57(37-44-83-73)78(10,54-25-13-11-14-26-54)55-27-15-12-16-28-55)87-62-46-58(76(4,5)6)45-60(51-62)84-53-85(71-32-18-17-31-70(71)84)74-65(67-29-23-42-81-40-21-19-38-79-67)48-59(77(7,8)9)49-66(74)68-30-24-43-82-41-22-20-39-80-68;/h11-50,53,81-82H,1-10H3;/q-3;/b38-19-,39-20-,40-21-,41-22-,42-23-,43-24-,67-29-,68-30-;. The third-order valence-electron chi connectivity index (χ3n) is 16.7. The molecule has 0 fully saturated rings. The molecule has 5 heterocycles. The normalized spacial score (nSPS) is 17.9. The van der Waals surface area contributed by atoms with Crippen LogP contribution in [-0.4, -0.2) is 24.1 Å². The van der Waals surface area contributed by atoms with Gasteiger partial charge in [0.05, 0.1) is 0 Å². The van der Waals surface area contributed by atoms with Gasteiger partial charge < -0.3 is 29.7 Å². The van der Waals surface area contributed by atoms with Gasteiger partial charge in [0.2, 0.25) is 0 Å². The summed E-state index contributed by atoms with van der Waals surface area (Å²) >= 11 is 0. The van der Waals surface area contributed by atoms with Gasteiger partial charge in [0, 0.05) is 91.6 Å². The van der Waals surface area contributed by atoms with Gasteiger partial charge >= 0.3 is 0 Å². The summed E-state index contributed by atoms with van der Waals surface area (Å²) in [5, 5.41) is 8.76. The number of rotatable bonds is 10. The van der Waals surface area contributed by atoms with Gasteiger partial charge in [-0.1, -0.05) is 188 Å². The van der Waals surface area contributed by atoms with E-state index >= 15 is 0 Å². The molecule has 0 amide bonds. The molecule has 3 aliphatic heterocycles. The Labute approximate surface area is 537 Å². The second-order valence-electron chi connectivity index (χ2n) is 25.8. The van der Waals surface area contributed by atoms with Crippen LogP contribution in [0.4, 0.5) is 22.7 Å². The average molecular weight is 1330 g/mol. The maximum atomic E-state index is 7.14. The van der Waals surface area contributed by atoms with E-state index in [0.29, 0.717) is 11.5 Å². The van der Waals surface area contributed by atoms with E-state index in [1.807, 2.05) is 49.2 Å². The SMILES string of the molecule is CC(C)(C)c1cc(Oc2[c-]c3c(cc2)c2cc(C(C)(C)C)ccc2n3-c2cc(C(C)(c3ccccc3)c3ccccc3)ccn2)[c-]c(N2[CH-]N(c3c(/C4=C/C=C\N/C=C\C=C/[B]4)cc(C(C)(C)C)cc3/C3=C/C=C\N/C=C\C=C/[B]3)c3ccccc32)c1.[Pt]. The zero-order chi connectivity index (χ0) is 60.5. The fraction of sp³-hybridized carbons (Fsp3) is 0.179. The molecule has 10 heteroatoms. The summed E-state index contributed by atoms with van der Waals surface area (Å²) in [7, 11) is 4.41. The van der Waals surface area contributed by atoms with Crippen molar-refractivity contribution in [3.05, 3.63) is 307 Å². The van der Waals surface area contributed by atoms with Gasteiger partial charge in [-0.05, 0) is 134 Å². The van der Waals surface area contributed by atoms with Crippen molar-refractivity contribution in [1.29, 1.82) is 0 Å². The topological polar surface area (TPSA) is 57.6 Å². The summed E-state index contributed by atoms with van der Waals surface area (Å²) in [6.07, 6.45) is 26.4. The van der Waals surface area contributed by atoms with Gasteiger partial charge in [-0.3, -0.25) is 0 Å². The second kappa shape index (κ2) is 25.1. The van der Waals surface area contributed by atoms with Crippen LogP contribution in [0.25, 0.3) is 38.6 Å². The number of hydrogen-bond acceptors (Lipinski definition) is 6. The van der Waals surface area contributed by atoms with Crippen molar-refractivity contribution in [3.8, 4) is 17.3 Å². The van der Waals surface area contributed by atoms with Crippen molar-refractivity contribution in [3.63, 3.8) is 0 Å². The van der Waals surface area contributed by atoms with E-state index in [4.69, 9.17) is 9.72 Å². The maximum absolute atomic E-state index is 7.14. The molecule has 12 rings (SSSR count). The first-order valence-electron chi connectivity index (χ1n) is 30.1. The monoisotopic (exact) mass is 1330 g/mol. The number of hydrogen-bond donors (Lipinski definition) is 2. The predicted octanol–water partition coefficient (Wildman–Crippen LogP) is 18.6. The molecule has 0 unspecified atom stereocenters. The van der Waals surface area contributed by atoms with Crippen molar-refractivity contribution in [2.24, 2.45) is 0 Å². The fourth-order valence-corrected chi connectivity index (χ4v) is 11.8. The van der Waals surface area contributed by atoms with Crippen LogP contribution >= 0.6 is 0 Å². The van der Waals surface area contributed by atoms with Crippen LogP contribution < -0.4 is 25.2 Å². The summed E-state index contributed by atoms with van der Waals surface area (Å²) < 4.78 is 9.39. The number of fused-ring (bicyclic) bond motifs is 4. The fourth-order valence-electron chi connectivity index (χ4n) is 11.8. The molecule has 0 atom stereocenters. The Morgan fingerprint density at radius 1 is 0.477 bits per heavy atom. The largest absolute Gasteiger partial charge is 0.509 e. The molecule has 0 bridgehead atoms. The third-order valence-corrected chi connectivity index (χ3v) is 16.7. The van der Waals surface area contributed by atoms with Crippen LogP contribution in [0.2, 0.25) is 0 Å². The van der Waals surface area contributed by atoms with E-state index < -0.39 is 5.41 Å². The Kier molecular flexibility index (Phi) is 17.4. The van der Waals surface area contributed by atoms with Crippen LogP contribution in [0, 0.1) is 18.8 Å². The van der Waals surface area contributed by atoms with Gasteiger partial charge in [0.25, 0.3) is 0 Å². The molecular weight excluding hydrogens is 1250 g/mol. The number of pyridine rings is 1. The van der Waals surface area contributed by atoms with Gasteiger partial charge in [-0.15, -0.1) is 65.6 Å². The zero-order valence-corrected chi connectivity index (χ0v) is 54.1. The Bertz CT molecular complexity index is 4200. The molecule has 2 N–H and O–H groups in total. The van der Waals surface area contributed by atoms with Gasteiger partial charge in [0.1, 0.15) is 5.82 Å². The Morgan fingerprint density at radius 2 is 1.03 bits per heavy atom. The quantitative estimate of drug-likeness (QED) is 0.105. The first kappa shape index (κ1) is 60.9. The molecule has 2 aromatic heterocycles. The summed E-state index contributed by atoms with van der Waals surface area (Å²) in [4.78, 5) is 9.79. The Hall–Kier alpha value is -8.77. The second-order valence-corrected chi connectivity index (χ2v) is 25.8. The van der Waals surface area contributed by atoms with E-state index in [0.717, 1.165) is 83.6 Å². The van der Waals surface area contributed by atoms with Gasteiger partial charge in [0.15, 0.2) is 14.6 Å². The first-order chi connectivity index (χ1) is 41.9. The van der Waals surface area contributed by atoms with E-state index in [-0.39, 0.29) is 37.3 Å². The van der Waals surface area contributed by atoms with Crippen LogP contribution in [0.5, 0.6) is 11.5 Å². The van der Waals surface area contributed by atoms with E-state index in [2.05, 4.69) is 322 Å². The molecule has 3 aliphatic rings. The number of para-hydroxylation sites is 2. The van der Waals surface area contributed by atoms with Crippen molar-refractivity contribution < 1.29 is 25.8 Å². The van der Waals surface area contributed by atoms with Gasteiger partial charge in [-0.2, -0.15) is 6.07 Å². The van der Waals surface area contributed by atoms with E-state index in [1.165, 1.54) is 22.3 Å². The predicted molar refractivity (Wildman–Crippen MR) is 367 cm³/mol. The summed E-state index contributed by atoms with van der Waals surface area (Å²) in [5.41, 5.74) is 16.2. The number of nitrogens with one attached hydrogen (secondary N) is 2. The molecule has 9 aromatic rings. The number of benzene rings is 7. The van der Waals surface area contributed by atoms with Crippen LogP contribution in [0.15, 0.2) is 243 Å². The molecule has 7 nitrogen and oxygen atoms in total. The average Bonchev–Trinajstić information content (AvgIpc) is 1.55. The minimum atomic E-state index is -0.475. The smallest absolute Gasteiger partial charge is 0.182 e. The third kappa shape index (κ3) is 12.4. The molecule has 440 valence electrons. The van der Waals surface area contributed by atoms with E-state index in [1.54, 1.807) is 0 Å². The summed E-state index contributed by atoms with van der Waals surface area (Å²) in [6, 6.07) is 62.4. The molecule has 0 saturated carbocycles. The number of aromatic nitrogens is 2. The van der Waals surface area contributed by atoms with Crippen LogP contribution in [0.1, 0.15) is 114 Å². The minimum Gasteiger partial charge on any atom is -0.509 e. The van der Waals surface area contributed by atoms with Gasteiger partial charge in [-0.25, -0.2) is 4.98 Å². The van der Waals surface area contributed by atoms with Crippen LogP contribution in [0.3, 0.4) is 0 Å². The Morgan fingerprint density at radius 3 is 1.62 bits per heavy atom. The zero-order valence-electron chi connectivity index (χ0n) is 51.8. The molecule has 0 saturated heterocycles. The summed E-state index contributed by atoms with van der Waals surface area (Å²) in [5.74, 6) is 6.17. The van der Waals surface area contributed by atoms with Crippen molar-refractivity contribution in [2.75, 3.05) is 9.80 Å². The molecular formula is C78H73B2N6OPt-3. The minimum absolute atomic E-state index is 0. The number of allylic oxidation sites excluding steroid dienone is 8. The Balaban J connectivity index is 0.00000800. The molecule has 88 heavy (non-hydrogen) atoms. The van der Waals surface area contributed by atoms with Crippen LogP contribution in [-0.2, 0) is 42.7 Å². The molecule has 2 radical (unpaired) electrons. The summed E-state index contributed by atoms with van der Waals surface area (Å²) in [6.45, 7) is 24.9. The molecule has 0 aliphatic carbocycles. The number of nitrogens with zero attached hydrogens (tertiary/aromatic N) is 4.